The summed E-state index contributed by atoms with van der Waals surface area (Å²) in [6.07, 6.45) is -3.63. The number of thiophene rings is 1. The summed E-state index contributed by atoms with van der Waals surface area (Å²) in [6.45, 7) is 3.86. The van der Waals surface area contributed by atoms with Gasteiger partial charge in [0.15, 0.2) is 5.78 Å². The number of carbonyl (C=O) groups is 3. The molecule has 0 radical (unpaired) electrons. The molecule has 1 heterocycles. The van der Waals surface area contributed by atoms with Crippen LogP contribution in [0.2, 0.25) is 0 Å². The lowest BCUT2D eigenvalue weighted by Crippen LogP contribution is -2.27. The summed E-state index contributed by atoms with van der Waals surface area (Å²) < 4.78 is 49.0. The molecule has 0 spiro atoms. The minimum absolute atomic E-state index is 0.0499. The lowest BCUT2D eigenvalue weighted by Gasteiger charge is -2.29. The molecule has 0 N–H and O–H groups in total. The fourth-order valence-corrected chi connectivity index (χ4v) is 5.95. The molecule has 0 aliphatic heterocycles. The number of methoxy groups -OCH3 is 1. The van der Waals surface area contributed by atoms with Crippen LogP contribution in [-0.2, 0) is 22.1 Å². The van der Waals surface area contributed by atoms with E-state index in [1.54, 1.807) is 0 Å². The summed E-state index contributed by atoms with van der Waals surface area (Å²) in [5.74, 6) is -1.14. The Morgan fingerprint density at radius 2 is 1.91 bits per heavy atom. The Kier molecular flexibility index (Phi) is 7.04. The Bertz CT molecular complexity index is 1060. The number of rotatable bonds is 6. The second-order valence-corrected chi connectivity index (χ2v) is 10.5. The van der Waals surface area contributed by atoms with Gasteiger partial charge in [-0.05, 0) is 35.6 Å². The van der Waals surface area contributed by atoms with Crippen molar-refractivity contribution in [3.05, 3.63) is 51.4 Å². The molecule has 3 rings (SSSR count). The molecular weight excluding hydrogens is 465 g/mol. The van der Waals surface area contributed by atoms with Crippen LogP contribution in [0, 0.1) is 5.41 Å². The van der Waals surface area contributed by atoms with E-state index in [1.165, 1.54) is 36.3 Å². The minimum atomic E-state index is -4.55. The largest absolute Gasteiger partial charge is 0.465 e. The molecule has 1 aliphatic carbocycles. The SMILES string of the molecule is COC(=O)c1sc(SCCOC(=O)c2cccc(C(F)(F)F)c2)c2c1CC(C)(C)CC2=O. The summed E-state index contributed by atoms with van der Waals surface area (Å²) in [5.41, 5.74) is -0.182. The van der Waals surface area contributed by atoms with Gasteiger partial charge in [0.25, 0.3) is 0 Å². The number of Topliss-reactive ketones (excluding diaryl/α,β-unsaturated/α-hetero) is 1. The maximum Gasteiger partial charge on any atom is 0.416 e. The van der Waals surface area contributed by atoms with Crippen LogP contribution in [0.3, 0.4) is 0 Å². The van der Waals surface area contributed by atoms with Gasteiger partial charge in [0.2, 0.25) is 0 Å². The van der Waals surface area contributed by atoms with Crippen LogP contribution in [0.5, 0.6) is 0 Å². The molecule has 0 bridgehead atoms. The number of esters is 2. The molecule has 1 aliphatic rings. The summed E-state index contributed by atoms with van der Waals surface area (Å²) >= 11 is 2.44. The minimum Gasteiger partial charge on any atom is -0.465 e. The lowest BCUT2D eigenvalue weighted by molar-refractivity contribution is -0.137. The third-order valence-electron chi connectivity index (χ3n) is 4.89. The average molecular weight is 487 g/mol. The summed E-state index contributed by atoms with van der Waals surface area (Å²) in [7, 11) is 1.28. The number of carbonyl (C=O) groups excluding carboxylic acids is 3. The van der Waals surface area contributed by atoms with Gasteiger partial charge in [0.05, 0.1) is 22.4 Å². The Morgan fingerprint density at radius 3 is 2.56 bits per heavy atom. The van der Waals surface area contributed by atoms with Gasteiger partial charge >= 0.3 is 18.1 Å². The summed E-state index contributed by atoms with van der Waals surface area (Å²) in [4.78, 5) is 37.5. The van der Waals surface area contributed by atoms with Crippen LogP contribution >= 0.6 is 23.1 Å². The highest BCUT2D eigenvalue weighted by molar-refractivity contribution is 8.01. The molecule has 5 nitrogen and oxygen atoms in total. The summed E-state index contributed by atoms with van der Waals surface area (Å²) in [6, 6.07) is 4.02. The van der Waals surface area contributed by atoms with Crippen molar-refractivity contribution in [2.45, 2.75) is 37.1 Å². The Balaban J connectivity index is 1.68. The number of fused-ring (bicyclic) bond motifs is 1. The maximum absolute atomic E-state index is 12.8. The van der Waals surface area contributed by atoms with E-state index in [0.717, 1.165) is 18.2 Å². The van der Waals surface area contributed by atoms with Gasteiger partial charge in [0.1, 0.15) is 11.5 Å². The van der Waals surface area contributed by atoms with Crippen molar-refractivity contribution in [3.8, 4) is 0 Å². The first-order valence-electron chi connectivity index (χ1n) is 9.67. The van der Waals surface area contributed by atoms with E-state index in [2.05, 4.69) is 0 Å². The van der Waals surface area contributed by atoms with Crippen molar-refractivity contribution in [3.63, 3.8) is 0 Å². The highest BCUT2D eigenvalue weighted by atomic mass is 32.2. The molecule has 1 aromatic heterocycles. The van der Waals surface area contributed by atoms with Crippen LogP contribution in [-0.4, -0.2) is 37.2 Å². The third-order valence-corrected chi connectivity index (χ3v) is 7.34. The molecular formula is C22H21F3O5S2. The molecule has 32 heavy (non-hydrogen) atoms. The molecule has 0 atom stereocenters. The van der Waals surface area contributed by atoms with E-state index >= 15 is 0 Å². The van der Waals surface area contributed by atoms with Gasteiger partial charge in [-0.25, -0.2) is 9.59 Å². The van der Waals surface area contributed by atoms with Gasteiger partial charge in [-0.3, -0.25) is 4.79 Å². The molecule has 0 fully saturated rings. The molecule has 0 saturated heterocycles. The highest BCUT2D eigenvalue weighted by Crippen LogP contribution is 2.45. The normalized spacial score (nSPS) is 15.2. The molecule has 0 amide bonds. The topological polar surface area (TPSA) is 69.7 Å². The summed E-state index contributed by atoms with van der Waals surface area (Å²) in [5, 5.41) is 0. The van der Waals surface area contributed by atoms with Crippen LogP contribution in [0.4, 0.5) is 13.2 Å². The number of ketones is 1. The Morgan fingerprint density at radius 1 is 1.19 bits per heavy atom. The first-order valence-corrected chi connectivity index (χ1v) is 11.5. The zero-order valence-electron chi connectivity index (χ0n) is 17.6. The number of benzene rings is 1. The lowest BCUT2D eigenvalue weighted by atomic mass is 9.74. The van der Waals surface area contributed by atoms with E-state index < -0.39 is 23.7 Å². The number of thioether (sulfide) groups is 1. The first-order chi connectivity index (χ1) is 14.9. The molecule has 10 heteroatoms. The Hall–Kier alpha value is -2.33. The smallest absolute Gasteiger partial charge is 0.416 e. The third kappa shape index (κ3) is 5.35. The monoisotopic (exact) mass is 486 g/mol. The molecule has 1 aromatic carbocycles. The molecule has 0 saturated carbocycles. The van der Waals surface area contributed by atoms with Gasteiger partial charge in [-0.2, -0.15) is 13.2 Å². The van der Waals surface area contributed by atoms with Crippen molar-refractivity contribution >= 4 is 40.8 Å². The fourth-order valence-electron chi connectivity index (χ4n) is 3.49. The van der Waals surface area contributed by atoms with Crippen molar-refractivity contribution in [2.75, 3.05) is 19.5 Å². The van der Waals surface area contributed by atoms with Gasteiger partial charge in [-0.15, -0.1) is 23.1 Å². The zero-order chi connectivity index (χ0) is 23.7. The van der Waals surface area contributed by atoms with Crippen LogP contribution in [0.25, 0.3) is 0 Å². The van der Waals surface area contributed by atoms with Gasteiger partial charge in [0, 0.05) is 17.7 Å². The second-order valence-electron chi connectivity index (χ2n) is 8.07. The van der Waals surface area contributed by atoms with Crippen LogP contribution < -0.4 is 0 Å². The van der Waals surface area contributed by atoms with E-state index in [4.69, 9.17) is 9.47 Å². The number of hydrogen-bond donors (Lipinski definition) is 0. The zero-order valence-corrected chi connectivity index (χ0v) is 19.3. The predicted molar refractivity (Wildman–Crippen MR) is 115 cm³/mol. The second kappa shape index (κ2) is 9.27. The molecule has 2 aromatic rings. The number of alkyl halides is 3. The van der Waals surface area contributed by atoms with Crippen LogP contribution in [0.15, 0.2) is 28.5 Å². The molecule has 0 unspecified atom stereocenters. The van der Waals surface area contributed by atoms with E-state index in [9.17, 15) is 27.6 Å². The average Bonchev–Trinajstić information content (AvgIpc) is 3.07. The number of ether oxygens (including phenoxy) is 2. The van der Waals surface area contributed by atoms with Crippen molar-refractivity contribution in [2.24, 2.45) is 5.41 Å². The van der Waals surface area contributed by atoms with Crippen LogP contribution in [0.1, 0.15) is 61.8 Å². The quantitative estimate of drug-likeness (QED) is 0.298. The van der Waals surface area contributed by atoms with Crippen molar-refractivity contribution in [1.82, 2.24) is 0 Å². The standard InChI is InChI=1S/C22H21F3O5S2/c1-21(2)10-14-16(15(26)11-21)20(32-17(14)19(28)29-3)31-8-7-30-18(27)12-5-4-6-13(9-12)22(23,24)25/h4-6,9H,7-8,10-11H2,1-3H3. The number of hydrogen-bond acceptors (Lipinski definition) is 7. The fraction of sp³-hybridized carbons (Fsp3) is 0.409. The van der Waals surface area contributed by atoms with E-state index in [0.29, 0.717) is 33.1 Å². The van der Waals surface area contributed by atoms with Crippen molar-refractivity contribution < 1.29 is 37.0 Å². The predicted octanol–water partition coefficient (Wildman–Crippen LogP) is 5.66. The molecule has 172 valence electrons. The number of halogens is 3. The van der Waals surface area contributed by atoms with Gasteiger partial charge < -0.3 is 9.47 Å². The first kappa shape index (κ1) is 24.3. The highest BCUT2D eigenvalue weighted by Gasteiger charge is 2.38. The van der Waals surface area contributed by atoms with Crippen molar-refractivity contribution in [1.29, 1.82) is 0 Å². The Labute approximate surface area is 191 Å². The van der Waals surface area contributed by atoms with Gasteiger partial charge in [-0.1, -0.05) is 19.9 Å². The maximum atomic E-state index is 12.8. The van der Waals surface area contributed by atoms with E-state index in [1.807, 2.05) is 13.8 Å². The van der Waals surface area contributed by atoms with E-state index in [-0.39, 0.29) is 29.1 Å².